The lowest BCUT2D eigenvalue weighted by atomic mass is 10.1. The fourth-order valence-electron chi connectivity index (χ4n) is 2.78. The molecule has 0 bridgehead atoms. The van der Waals surface area contributed by atoms with Crippen LogP contribution in [0.25, 0.3) is 0 Å². The molecule has 23 heavy (non-hydrogen) atoms. The smallest absolute Gasteiger partial charge is 0.191 e. The first-order chi connectivity index (χ1) is 10.8. The van der Waals surface area contributed by atoms with Gasteiger partial charge in [-0.15, -0.1) is 24.0 Å². The van der Waals surface area contributed by atoms with Crippen LogP contribution in [0.1, 0.15) is 23.6 Å². The lowest BCUT2D eigenvalue weighted by Crippen LogP contribution is -2.38. The largest absolute Gasteiger partial charge is 0.356 e. The molecule has 2 aromatic rings. The number of aliphatic imine (C=N–C) groups is 1. The van der Waals surface area contributed by atoms with Gasteiger partial charge in [-0.05, 0) is 29.9 Å². The molecule has 2 N–H and O–H groups in total. The molecule has 3 rings (SSSR count). The summed E-state index contributed by atoms with van der Waals surface area (Å²) in [6.45, 7) is 1.69. The molecule has 0 amide bonds. The first-order valence-corrected chi connectivity index (χ1v) is 7.74. The number of rotatable bonds is 5. The van der Waals surface area contributed by atoms with Gasteiger partial charge in [0.1, 0.15) is 0 Å². The van der Waals surface area contributed by atoms with E-state index in [0.29, 0.717) is 11.8 Å². The Labute approximate surface area is 154 Å². The lowest BCUT2D eigenvalue weighted by molar-refractivity contribution is 0.675. The van der Waals surface area contributed by atoms with E-state index >= 15 is 0 Å². The molecule has 124 valence electrons. The van der Waals surface area contributed by atoms with Gasteiger partial charge in [-0.2, -0.15) is 5.10 Å². The van der Waals surface area contributed by atoms with Crippen LogP contribution in [0.5, 0.6) is 0 Å². The number of aromatic nitrogens is 2. The second kappa shape index (κ2) is 8.33. The Hall–Kier alpha value is -1.57. The summed E-state index contributed by atoms with van der Waals surface area (Å²) in [5, 5.41) is 10.9. The van der Waals surface area contributed by atoms with Crippen molar-refractivity contribution in [3.8, 4) is 0 Å². The first-order valence-electron chi connectivity index (χ1n) is 7.74. The number of nitrogens with one attached hydrogen (secondary N) is 2. The number of guanidine groups is 1. The minimum Gasteiger partial charge on any atom is -0.356 e. The van der Waals surface area contributed by atoms with Gasteiger partial charge in [0.2, 0.25) is 0 Å². The van der Waals surface area contributed by atoms with Gasteiger partial charge in [-0.25, -0.2) is 0 Å². The summed E-state index contributed by atoms with van der Waals surface area (Å²) in [5.41, 5.74) is 2.59. The molecule has 0 spiro atoms. The van der Waals surface area contributed by atoms with Gasteiger partial charge >= 0.3 is 0 Å². The molecule has 0 radical (unpaired) electrons. The average molecular weight is 425 g/mol. The zero-order valence-electron chi connectivity index (χ0n) is 13.6. The van der Waals surface area contributed by atoms with Gasteiger partial charge in [-0.3, -0.25) is 9.67 Å². The summed E-state index contributed by atoms with van der Waals surface area (Å²) in [7, 11) is 3.75. The Balaban J connectivity index is 0.00000192. The van der Waals surface area contributed by atoms with Crippen molar-refractivity contribution >= 4 is 29.9 Å². The molecule has 2 atom stereocenters. The second-order valence-corrected chi connectivity index (χ2v) is 5.77. The number of hydrogen-bond donors (Lipinski definition) is 2. The Morgan fingerprint density at radius 2 is 2.04 bits per heavy atom. The van der Waals surface area contributed by atoms with Gasteiger partial charge < -0.3 is 10.6 Å². The maximum atomic E-state index is 4.28. The fraction of sp³-hybridized carbons (Fsp3) is 0.412. The maximum Gasteiger partial charge on any atom is 0.191 e. The van der Waals surface area contributed by atoms with Crippen LogP contribution in [0, 0.1) is 5.92 Å². The molecule has 1 aliphatic carbocycles. The van der Waals surface area contributed by atoms with E-state index in [0.717, 1.165) is 24.7 Å². The molecular formula is C17H24IN5. The van der Waals surface area contributed by atoms with Crippen molar-refractivity contribution in [2.75, 3.05) is 13.6 Å². The Morgan fingerprint density at radius 3 is 2.70 bits per heavy atom. The van der Waals surface area contributed by atoms with E-state index < -0.39 is 0 Å². The number of aryl methyl sites for hydroxylation is 1. The Bertz CT molecular complexity index is 637. The summed E-state index contributed by atoms with van der Waals surface area (Å²) in [6.07, 6.45) is 3.07. The van der Waals surface area contributed by atoms with Crippen LogP contribution in [0.3, 0.4) is 0 Å². The van der Waals surface area contributed by atoms with Crippen molar-refractivity contribution in [1.29, 1.82) is 0 Å². The van der Waals surface area contributed by atoms with Crippen molar-refractivity contribution in [2.45, 2.75) is 18.9 Å². The average Bonchev–Trinajstić information content (AvgIpc) is 3.22. The topological polar surface area (TPSA) is 54.2 Å². The van der Waals surface area contributed by atoms with E-state index in [1.54, 1.807) is 7.05 Å². The monoisotopic (exact) mass is 425 g/mol. The normalized spacial score (nSPS) is 19.8. The molecule has 2 unspecified atom stereocenters. The molecule has 6 heteroatoms. The third-order valence-corrected chi connectivity index (χ3v) is 4.27. The summed E-state index contributed by atoms with van der Waals surface area (Å²) < 4.78 is 1.87. The third-order valence-electron chi connectivity index (χ3n) is 4.27. The summed E-state index contributed by atoms with van der Waals surface area (Å²) in [4.78, 5) is 4.28. The molecule has 1 aromatic heterocycles. The van der Waals surface area contributed by atoms with Gasteiger partial charge in [-0.1, -0.05) is 30.3 Å². The zero-order chi connectivity index (χ0) is 15.4. The van der Waals surface area contributed by atoms with Crippen LogP contribution >= 0.6 is 24.0 Å². The molecule has 1 aliphatic rings. The minimum absolute atomic E-state index is 0. The van der Waals surface area contributed by atoms with E-state index in [1.165, 1.54) is 12.0 Å². The quantitative estimate of drug-likeness (QED) is 0.440. The van der Waals surface area contributed by atoms with E-state index in [2.05, 4.69) is 51.1 Å². The maximum absolute atomic E-state index is 4.28. The highest BCUT2D eigenvalue weighted by atomic mass is 127. The highest BCUT2D eigenvalue weighted by molar-refractivity contribution is 14.0. The van der Waals surface area contributed by atoms with Crippen LogP contribution in [-0.2, 0) is 13.6 Å². The molecule has 5 nitrogen and oxygen atoms in total. The Kier molecular flexibility index (Phi) is 6.44. The van der Waals surface area contributed by atoms with E-state index in [4.69, 9.17) is 0 Å². The highest BCUT2D eigenvalue weighted by Crippen LogP contribution is 2.46. The number of hydrogen-bond acceptors (Lipinski definition) is 2. The van der Waals surface area contributed by atoms with Crippen LogP contribution in [0.4, 0.5) is 0 Å². The SMILES string of the molecule is CN=C(NCc1ccnn1C)NCC1CC1c1ccccc1.I. The minimum atomic E-state index is 0. The van der Waals surface area contributed by atoms with E-state index in [-0.39, 0.29) is 24.0 Å². The molecular weight excluding hydrogens is 401 g/mol. The van der Waals surface area contributed by atoms with Crippen LogP contribution in [0.2, 0.25) is 0 Å². The highest BCUT2D eigenvalue weighted by Gasteiger charge is 2.37. The summed E-state index contributed by atoms with van der Waals surface area (Å²) in [5.74, 6) is 2.25. The van der Waals surface area contributed by atoms with Gasteiger partial charge in [0.05, 0.1) is 12.2 Å². The molecule has 0 saturated heterocycles. The molecule has 0 aliphatic heterocycles. The molecule has 1 aromatic carbocycles. The van der Waals surface area contributed by atoms with Crippen molar-refractivity contribution < 1.29 is 0 Å². The van der Waals surface area contributed by atoms with Crippen LogP contribution in [-0.4, -0.2) is 29.3 Å². The summed E-state index contributed by atoms with van der Waals surface area (Å²) >= 11 is 0. The van der Waals surface area contributed by atoms with Crippen LogP contribution < -0.4 is 10.6 Å². The van der Waals surface area contributed by atoms with Gasteiger partial charge in [0, 0.05) is 26.8 Å². The zero-order valence-corrected chi connectivity index (χ0v) is 15.9. The summed E-state index contributed by atoms with van der Waals surface area (Å²) in [6, 6.07) is 12.8. The second-order valence-electron chi connectivity index (χ2n) is 5.77. The van der Waals surface area contributed by atoms with Gasteiger partial charge in [0.15, 0.2) is 5.96 Å². The standard InChI is InChI=1S/C17H23N5.HI/c1-18-17(20-12-15-8-9-21-22(15)2)19-11-14-10-16(14)13-6-4-3-5-7-13;/h3-9,14,16H,10-12H2,1-2H3,(H2,18,19,20);1H. The molecule has 1 fully saturated rings. The van der Waals surface area contributed by atoms with Crippen molar-refractivity contribution in [3.63, 3.8) is 0 Å². The number of halogens is 1. The van der Waals surface area contributed by atoms with Gasteiger partial charge in [0.25, 0.3) is 0 Å². The van der Waals surface area contributed by atoms with E-state index in [9.17, 15) is 0 Å². The van der Waals surface area contributed by atoms with Crippen molar-refractivity contribution in [1.82, 2.24) is 20.4 Å². The third kappa shape index (κ3) is 4.70. The van der Waals surface area contributed by atoms with E-state index in [1.807, 2.05) is 24.0 Å². The predicted molar refractivity (Wildman–Crippen MR) is 104 cm³/mol. The number of nitrogens with zero attached hydrogens (tertiary/aromatic N) is 3. The van der Waals surface area contributed by atoms with Crippen molar-refractivity contribution in [2.24, 2.45) is 18.0 Å². The molecule has 1 heterocycles. The number of benzene rings is 1. The fourth-order valence-corrected chi connectivity index (χ4v) is 2.78. The molecule has 1 saturated carbocycles. The predicted octanol–water partition coefficient (Wildman–Crippen LogP) is 2.51. The van der Waals surface area contributed by atoms with Crippen molar-refractivity contribution in [3.05, 3.63) is 53.9 Å². The van der Waals surface area contributed by atoms with Crippen LogP contribution in [0.15, 0.2) is 47.6 Å². The first kappa shape index (κ1) is 17.8. The lowest BCUT2D eigenvalue weighted by Gasteiger charge is -2.12. The Morgan fingerprint density at radius 1 is 1.26 bits per heavy atom.